The fourth-order valence-corrected chi connectivity index (χ4v) is 2.84. The van der Waals surface area contributed by atoms with Gasteiger partial charge in [0.25, 0.3) is 5.91 Å². The van der Waals surface area contributed by atoms with E-state index >= 15 is 0 Å². The Labute approximate surface area is 166 Å². The fourth-order valence-electron chi connectivity index (χ4n) is 2.84. The zero-order valence-corrected chi connectivity index (χ0v) is 15.8. The van der Waals surface area contributed by atoms with Crippen LogP contribution in [0.3, 0.4) is 0 Å². The van der Waals surface area contributed by atoms with Gasteiger partial charge in [-0.1, -0.05) is 25.0 Å². The molecule has 0 bridgehead atoms. The van der Waals surface area contributed by atoms with Crippen LogP contribution in [0.1, 0.15) is 31.2 Å². The van der Waals surface area contributed by atoms with E-state index in [-0.39, 0.29) is 23.1 Å². The largest absolute Gasteiger partial charge is 0.493 e. The number of hydrogen-bond acceptors (Lipinski definition) is 6. The van der Waals surface area contributed by atoms with Crippen molar-refractivity contribution in [2.45, 2.75) is 38.3 Å². The monoisotopic (exact) mass is 412 g/mol. The fraction of sp³-hybridized carbons (Fsp3) is 0.421. The highest BCUT2D eigenvalue weighted by atomic mass is 19.3. The first-order valence-electron chi connectivity index (χ1n) is 8.96. The van der Waals surface area contributed by atoms with Crippen LogP contribution in [0, 0.1) is 0 Å². The third kappa shape index (κ3) is 7.40. The van der Waals surface area contributed by atoms with Gasteiger partial charge in [0.15, 0.2) is 18.1 Å². The van der Waals surface area contributed by atoms with Gasteiger partial charge in [-0.15, -0.1) is 0 Å². The molecule has 0 radical (unpaired) electrons. The Hall–Kier alpha value is -3.17. The van der Waals surface area contributed by atoms with E-state index < -0.39 is 31.1 Å². The van der Waals surface area contributed by atoms with Crippen molar-refractivity contribution in [1.82, 2.24) is 10.6 Å². The number of halogens is 2. The summed E-state index contributed by atoms with van der Waals surface area (Å²) in [4.78, 5) is 35.1. The third-order valence-electron chi connectivity index (χ3n) is 4.12. The van der Waals surface area contributed by atoms with E-state index in [1.54, 1.807) is 0 Å². The zero-order chi connectivity index (χ0) is 21.2. The zero-order valence-electron chi connectivity index (χ0n) is 15.8. The highest BCUT2D eigenvalue weighted by Gasteiger charge is 2.18. The van der Waals surface area contributed by atoms with Crippen LogP contribution in [0.15, 0.2) is 24.3 Å². The van der Waals surface area contributed by atoms with Crippen molar-refractivity contribution in [2.75, 3.05) is 13.7 Å². The number of ether oxygens (including phenoxy) is 3. The maximum absolute atomic E-state index is 12.6. The lowest BCUT2D eigenvalue weighted by Crippen LogP contribution is -2.44. The van der Waals surface area contributed by atoms with Gasteiger partial charge >= 0.3 is 18.6 Å². The Bertz CT molecular complexity index is 763. The Morgan fingerprint density at radius 1 is 1.24 bits per heavy atom. The molecule has 0 unspecified atom stereocenters. The predicted octanol–water partition coefficient (Wildman–Crippen LogP) is 2.62. The molecule has 0 spiro atoms. The summed E-state index contributed by atoms with van der Waals surface area (Å²) in [5.74, 6) is -1.86. The normalized spacial score (nSPS) is 14.1. The van der Waals surface area contributed by atoms with Crippen molar-refractivity contribution in [3.63, 3.8) is 0 Å². The second-order valence-corrected chi connectivity index (χ2v) is 6.20. The van der Waals surface area contributed by atoms with Crippen molar-refractivity contribution < 1.29 is 37.4 Å². The number of benzene rings is 1. The van der Waals surface area contributed by atoms with Gasteiger partial charge in [-0.2, -0.15) is 8.78 Å². The Balaban J connectivity index is 1.84. The molecule has 0 aromatic heterocycles. The van der Waals surface area contributed by atoms with Crippen molar-refractivity contribution in [3.05, 3.63) is 29.8 Å². The molecular formula is C19H22F2N2O6. The lowest BCUT2D eigenvalue weighted by Gasteiger charge is -2.12. The van der Waals surface area contributed by atoms with E-state index in [9.17, 15) is 23.2 Å². The first kappa shape index (κ1) is 22.1. The minimum absolute atomic E-state index is 0.0424. The van der Waals surface area contributed by atoms with E-state index in [0.717, 1.165) is 31.8 Å². The number of hydrogen-bond donors (Lipinski definition) is 2. The second-order valence-electron chi connectivity index (χ2n) is 6.20. The van der Waals surface area contributed by atoms with Crippen LogP contribution in [0.5, 0.6) is 11.5 Å². The van der Waals surface area contributed by atoms with Gasteiger partial charge in [-0.25, -0.2) is 9.59 Å². The van der Waals surface area contributed by atoms with Crippen LogP contribution in [0.4, 0.5) is 13.6 Å². The molecule has 158 valence electrons. The molecule has 1 aromatic carbocycles. The predicted molar refractivity (Wildman–Crippen MR) is 98.5 cm³/mol. The molecule has 1 aromatic rings. The number of carbonyl (C=O) groups excluding carboxylic acids is 3. The average Bonchev–Trinajstić information content (AvgIpc) is 3.17. The summed E-state index contributed by atoms with van der Waals surface area (Å²) in [5, 5.41) is 4.74. The minimum Gasteiger partial charge on any atom is -0.493 e. The molecule has 1 aliphatic rings. The topological polar surface area (TPSA) is 103 Å². The summed E-state index contributed by atoms with van der Waals surface area (Å²) in [6, 6.07) is 3.79. The maximum Gasteiger partial charge on any atom is 0.387 e. The van der Waals surface area contributed by atoms with Crippen molar-refractivity contribution in [3.8, 4) is 11.5 Å². The van der Waals surface area contributed by atoms with Crippen LogP contribution in [0.25, 0.3) is 6.08 Å². The van der Waals surface area contributed by atoms with E-state index in [0.29, 0.717) is 0 Å². The van der Waals surface area contributed by atoms with Crippen LogP contribution in [-0.4, -0.2) is 44.3 Å². The third-order valence-corrected chi connectivity index (χ3v) is 4.12. The number of amides is 3. The van der Waals surface area contributed by atoms with Crippen molar-refractivity contribution in [1.29, 1.82) is 0 Å². The van der Waals surface area contributed by atoms with Crippen molar-refractivity contribution in [2.24, 2.45) is 0 Å². The number of nitrogens with one attached hydrogen (secondary N) is 2. The lowest BCUT2D eigenvalue weighted by molar-refractivity contribution is -0.143. The highest BCUT2D eigenvalue weighted by Crippen LogP contribution is 2.33. The molecule has 2 N–H and O–H groups in total. The molecule has 0 aliphatic heterocycles. The molecular weight excluding hydrogens is 390 g/mol. The van der Waals surface area contributed by atoms with Gasteiger partial charge in [-0.05, 0) is 25.0 Å². The average molecular weight is 412 g/mol. The number of para-hydroxylation sites is 1. The molecule has 1 aliphatic carbocycles. The first-order chi connectivity index (χ1) is 13.9. The molecule has 29 heavy (non-hydrogen) atoms. The molecule has 0 atom stereocenters. The molecule has 1 fully saturated rings. The number of carbonyl (C=O) groups is 3. The maximum atomic E-state index is 12.6. The molecule has 8 nitrogen and oxygen atoms in total. The minimum atomic E-state index is -3.08. The number of esters is 1. The number of rotatable bonds is 8. The number of imide groups is 1. The van der Waals surface area contributed by atoms with Crippen LogP contribution < -0.4 is 20.1 Å². The quantitative estimate of drug-likeness (QED) is 0.503. The number of methoxy groups -OCH3 is 1. The van der Waals surface area contributed by atoms with Crippen LogP contribution >= 0.6 is 0 Å². The summed E-state index contributed by atoms with van der Waals surface area (Å²) in [5.41, 5.74) is 0.155. The summed E-state index contributed by atoms with van der Waals surface area (Å²) < 4.78 is 39.3. The molecule has 0 heterocycles. The van der Waals surface area contributed by atoms with Gasteiger partial charge in [0.2, 0.25) is 0 Å². The summed E-state index contributed by atoms with van der Waals surface area (Å²) >= 11 is 0. The smallest absolute Gasteiger partial charge is 0.387 e. The number of urea groups is 1. The Morgan fingerprint density at radius 3 is 2.62 bits per heavy atom. The molecule has 3 amide bonds. The standard InChI is InChI=1S/C19H22F2N2O6/c1-27-14-8-4-5-12(17(14)29-18(20)21)9-10-16(25)28-11-15(24)23-19(26)22-13-6-2-3-7-13/h4-5,8-10,13,18H,2-3,6-7,11H2,1H3,(H2,22,23,24,26)/b10-9+. The molecule has 2 rings (SSSR count). The van der Waals surface area contributed by atoms with Crippen LogP contribution in [-0.2, 0) is 14.3 Å². The summed E-state index contributed by atoms with van der Waals surface area (Å²) in [6.45, 7) is -3.75. The summed E-state index contributed by atoms with van der Waals surface area (Å²) in [6.07, 6.45) is 5.92. The van der Waals surface area contributed by atoms with Gasteiger partial charge in [0, 0.05) is 17.7 Å². The Kier molecular flexibility index (Phi) is 8.38. The van der Waals surface area contributed by atoms with Crippen molar-refractivity contribution >= 4 is 24.0 Å². The van der Waals surface area contributed by atoms with E-state index in [2.05, 4.69) is 15.4 Å². The molecule has 10 heteroatoms. The first-order valence-corrected chi connectivity index (χ1v) is 8.96. The van der Waals surface area contributed by atoms with E-state index in [1.807, 2.05) is 0 Å². The Morgan fingerprint density at radius 2 is 1.97 bits per heavy atom. The SMILES string of the molecule is COc1cccc(/C=C/C(=O)OCC(=O)NC(=O)NC2CCCC2)c1OC(F)F. The van der Waals surface area contributed by atoms with Gasteiger partial charge < -0.3 is 19.5 Å². The number of alkyl halides is 2. The highest BCUT2D eigenvalue weighted by molar-refractivity contribution is 5.96. The van der Waals surface area contributed by atoms with E-state index in [1.165, 1.54) is 31.4 Å². The molecule has 1 saturated carbocycles. The van der Waals surface area contributed by atoms with Gasteiger partial charge in [0.1, 0.15) is 0 Å². The van der Waals surface area contributed by atoms with Gasteiger partial charge in [0.05, 0.1) is 7.11 Å². The molecule has 0 saturated heterocycles. The van der Waals surface area contributed by atoms with Gasteiger partial charge in [-0.3, -0.25) is 10.1 Å². The lowest BCUT2D eigenvalue weighted by atomic mass is 10.1. The summed E-state index contributed by atoms with van der Waals surface area (Å²) in [7, 11) is 1.29. The van der Waals surface area contributed by atoms with Crippen LogP contribution in [0.2, 0.25) is 0 Å². The second kappa shape index (κ2) is 11.0. The van der Waals surface area contributed by atoms with E-state index in [4.69, 9.17) is 9.47 Å².